The number of fused-ring (bicyclic) bond motifs is 1. The van der Waals surface area contributed by atoms with Crippen LogP contribution < -0.4 is 15.5 Å². The van der Waals surface area contributed by atoms with E-state index in [1.165, 1.54) is 0 Å². The average molecular weight is 594 g/mol. The van der Waals surface area contributed by atoms with Gasteiger partial charge in [-0.3, -0.25) is 10.1 Å². The lowest BCUT2D eigenvalue weighted by Gasteiger charge is -2.20. The van der Waals surface area contributed by atoms with Gasteiger partial charge in [0, 0.05) is 35.1 Å². The van der Waals surface area contributed by atoms with Gasteiger partial charge in [0.25, 0.3) is 5.91 Å². The summed E-state index contributed by atoms with van der Waals surface area (Å²) in [5.41, 5.74) is 5.67. The Balaban J connectivity index is 1.28. The third-order valence-electron chi connectivity index (χ3n) is 6.44. The summed E-state index contributed by atoms with van der Waals surface area (Å²) in [6.45, 7) is 8.08. The standard InChI is InChI=1S/C29H26Cl2N6O2S/c1-4-36(5-2)19-7-9-20(10-8-19)37-34-24-14-17(3)23(16-25(24)35-37)32-29(40)33-28(38)27-13-12-26(39-27)21-11-6-18(30)15-22(21)31/h6-16H,4-5H2,1-3H3,(H2,32,33,38,40). The van der Waals surface area contributed by atoms with Gasteiger partial charge in [-0.05, 0) is 105 Å². The topological polar surface area (TPSA) is 88.2 Å². The highest BCUT2D eigenvalue weighted by molar-refractivity contribution is 7.80. The van der Waals surface area contributed by atoms with E-state index in [-0.39, 0.29) is 10.9 Å². The van der Waals surface area contributed by atoms with Crippen LogP contribution in [0, 0.1) is 6.92 Å². The summed E-state index contributed by atoms with van der Waals surface area (Å²) in [7, 11) is 0. The lowest BCUT2D eigenvalue weighted by Crippen LogP contribution is -2.34. The van der Waals surface area contributed by atoms with Gasteiger partial charge in [0.05, 0.1) is 10.7 Å². The largest absolute Gasteiger partial charge is 0.451 e. The van der Waals surface area contributed by atoms with Crippen molar-refractivity contribution in [2.45, 2.75) is 20.8 Å². The zero-order valence-corrected chi connectivity index (χ0v) is 24.4. The number of thiocarbonyl (C=S) groups is 1. The first-order valence-corrected chi connectivity index (χ1v) is 13.8. The second kappa shape index (κ2) is 11.7. The highest BCUT2D eigenvalue weighted by atomic mass is 35.5. The van der Waals surface area contributed by atoms with Crippen molar-refractivity contribution in [2.24, 2.45) is 0 Å². The Morgan fingerprint density at radius 1 is 0.975 bits per heavy atom. The van der Waals surface area contributed by atoms with Crippen molar-refractivity contribution in [3.8, 4) is 17.0 Å². The van der Waals surface area contributed by atoms with Crippen molar-refractivity contribution < 1.29 is 9.21 Å². The number of furan rings is 1. The quantitative estimate of drug-likeness (QED) is 0.192. The fraction of sp³-hybridized carbons (Fsp3) is 0.172. The maximum atomic E-state index is 12.8. The summed E-state index contributed by atoms with van der Waals surface area (Å²) in [5.74, 6) is 0.0386. The number of carbonyl (C=O) groups is 1. The fourth-order valence-electron chi connectivity index (χ4n) is 4.32. The number of aromatic nitrogens is 3. The molecule has 0 aliphatic heterocycles. The summed E-state index contributed by atoms with van der Waals surface area (Å²) in [6.07, 6.45) is 0. The Bertz CT molecular complexity index is 1710. The predicted octanol–water partition coefficient (Wildman–Crippen LogP) is 7.27. The summed E-state index contributed by atoms with van der Waals surface area (Å²) < 4.78 is 5.71. The highest BCUT2D eigenvalue weighted by Crippen LogP contribution is 2.31. The lowest BCUT2D eigenvalue weighted by molar-refractivity contribution is 0.0951. The molecule has 0 aliphatic rings. The van der Waals surface area contributed by atoms with E-state index in [0.717, 1.165) is 35.5 Å². The number of hydrogen-bond acceptors (Lipinski definition) is 6. The fourth-order valence-corrected chi connectivity index (χ4v) is 5.02. The van der Waals surface area contributed by atoms with E-state index < -0.39 is 5.91 Å². The second-order valence-corrected chi connectivity index (χ2v) is 10.3. The van der Waals surface area contributed by atoms with Gasteiger partial charge in [-0.25, -0.2) is 0 Å². The van der Waals surface area contributed by atoms with E-state index >= 15 is 0 Å². The molecule has 0 spiro atoms. The molecule has 5 rings (SSSR count). The molecule has 2 aromatic heterocycles. The van der Waals surface area contributed by atoms with Crippen LogP contribution in [0.1, 0.15) is 30.0 Å². The molecular formula is C29H26Cl2N6O2S. The summed E-state index contributed by atoms with van der Waals surface area (Å²) in [4.78, 5) is 16.7. The number of carbonyl (C=O) groups excluding carboxylic acids is 1. The zero-order chi connectivity index (χ0) is 28.4. The first-order chi connectivity index (χ1) is 19.2. The third-order valence-corrected chi connectivity index (χ3v) is 7.19. The van der Waals surface area contributed by atoms with E-state index in [4.69, 9.17) is 39.8 Å². The van der Waals surface area contributed by atoms with Crippen LogP contribution in [0.5, 0.6) is 0 Å². The lowest BCUT2D eigenvalue weighted by atomic mass is 10.2. The van der Waals surface area contributed by atoms with Crippen molar-refractivity contribution in [3.05, 3.63) is 88.1 Å². The minimum atomic E-state index is -0.494. The SMILES string of the molecule is CCN(CC)c1ccc(-n2nc3cc(C)c(NC(=S)NC(=O)c4ccc(-c5ccc(Cl)cc5Cl)o4)cc3n2)cc1. The van der Waals surface area contributed by atoms with Crippen LogP contribution in [0.2, 0.25) is 10.0 Å². The van der Waals surface area contributed by atoms with E-state index in [1.54, 1.807) is 35.1 Å². The number of benzene rings is 3. The predicted molar refractivity (Wildman–Crippen MR) is 165 cm³/mol. The minimum absolute atomic E-state index is 0.0901. The molecule has 2 heterocycles. The molecular weight excluding hydrogens is 567 g/mol. The van der Waals surface area contributed by atoms with Crippen LogP contribution in [0.4, 0.5) is 11.4 Å². The number of nitrogens with zero attached hydrogens (tertiary/aromatic N) is 4. The maximum Gasteiger partial charge on any atom is 0.293 e. The number of amides is 1. The Morgan fingerprint density at radius 2 is 1.68 bits per heavy atom. The van der Waals surface area contributed by atoms with Crippen molar-refractivity contribution in [2.75, 3.05) is 23.3 Å². The van der Waals surface area contributed by atoms with Crippen LogP contribution >= 0.6 is 35.4 Å². The van der Waals surface area contributed by atoms with Crippen LogP contribution in [-0.2, 0) is 0 Å². The Morgan fingerprint density at radius 3 is 2.35 bits per heavy atom. The molecule has 0 atom stereocenters. The molecule has 0 bridgehead atoms. The second-order valence-electron chi connectivity index (χ2n) is 9.03. The van der Waals surface area contributed by atoms with Gasteiger partial charge in [0.1, 0.15) is 16.8 Å². The molecule has 0 fully saturated rings. The average Bonchev–Trinajstić information content (AvgIpc) is 3.58. The molecule has 1 amide bonds. The molecule has 0 saturated heterocycles. The van der Waals surface area contributed by atoms with Gasteiger partial charge in [0.2, 0.25) is 0 Å². The van der Waals surface area contributed by atoms with E-state index in [0.29, 0.717) is 32.6 Å². The first-order valence-electron chi connectivity index (χ1n) is 12.7. The number of rotatable bonds is 7. The molecule has 204 valence electrons. The van der Waals surface area contributed by atoms with Gasteiger partial charge in [0.15, 0.2) is 10.9 Å². The van der Waals surface area contributed by atoms with Gasteiger partial charge < -0.3 is 14.6 Å². The van der Waals surface area contributed by atoms with Gasteiger partial charge in [-0.15, -0.1) is 10.2 Å². The molecule has 40 heavy (non-hydrogen) atoms. The van der Waals surface area contributed by atoms with Crippen molar-refractivity contribution in [1.29, 1.82) is 0 Å². The molecule has 2 N–H and O–H groups in total. The summed E-state index contributed by atoms with van der Waals surface area (Å²) >= 11 is 17.6. The molecule has 3 aromatic carbocycles. The molecule has 0 aliphatic carbocycles. The molecule has 8 nitrogen and oxygen atoms in total. The van der Waals surface area contributed by atoms with Crippen molar-refractivity contribution in [1.82, 2.24) is 20.3 Å². The van der Waals surface area contributed by atoms with E-state index in [1.807, 2.05) is 31.2 Å². The smallest absolute Gasteiger partial charge is 0.293 e. The summed E-state index contributed by atoms with van der Waals surface area (Å²) in [5, 5.41) is 16.1. The zero-order valence-electron chi connectivity index (χ0n) is 22.0. The molecule has 5 aromatic rings. The van der Waals surface area contributed by atoms with E-state index in [2.05, 4.69) is 51.7 Å². The highest BCUT2D eigenvalue weighted by Gasteiger charge is 2.16. The van der Waals surface area contributed by atoms with Crippen LogP contribution in [-0.4, -0.2) is 39.1 Å². The van der Waals surface area contributed by atoms with Crippen molar-refractivity contribution in [3.63, 3.8) is 0 Å². The van der Waals surface area contributed by atoms with Gasteiger partial charge in [-0.2, -0.15) is 4.80 Å². The molecule has 11 heteroatoms. The number of halogens is 2. The van der Waals surface area contributed by atoms with Gasteiger partial charge >= 0.3 is 0 Å². The summed E-state index contributed by atoms with van der Waals surface area (Å²) in [6, 6.07) is 20.2. The molecule has 0 radical (unpaired) electrons. The van der Waals surface area contributed by atoms with Crippen LogP contribution in [0.25, 0.3) is 28.0 Å². The van der Waals surface area contributed by atoms with Crippen molar-refractivity contribution >= 4 is 68.8 Å². The monoisotopic (exact) mass is 592 g/mol. The number of nitrogens with one attached hydrogen (secondary N) is 2. The molecule has 0 unspecified atom stereocenters. The minimum Gasteiger partial charge on any atom is -0.451 e. The third kappa shape index (κ3) is 5.82. The Labute approximate surface area is 246 Å². The van der Waals surface area contributed by atoms with Crippen LogP contribution in [0.3, 0.4) is 0 Å². The first kappa shape index (κ1) is 27.6. The number of anilines is 2. The van der Waals surface area contributed by atoms with Crippen LogP contribution in [0.15, 0.2) is 71.1 Å². The maximum absolute atomic E-state index is 12.8. The molecule has 0 saturated carbocycles. The number of aryl methyl sites for hydroxylation is 1. The number of hydrogen-bond donors (Lipinski definition) is 2. The van der Waals surface area contributed by atoms with Gasteiger partial charge in [-0.1, -0.05) is 23.2 Å². The normalized spacial score (nSPS) is 11.0. The van der Waals surface area contributed by atoms with E-state index in [9.17, 15) is 4.79 Å². The Hall–Kier alpha value is -3.92. The Kier molecular flexibility index (Phi) is 8.07.